The fourth-order valence-electron chi connectivity index (χ4n) is 4.47. The number of carbonyl (C=O) groups is 2. The molecule has 3 aromatic carbocycles. The highest BCUT2D eigenvalue weighted by molar-refractivity contribution is 6.46. The Bertz CT molecular complexity index is 1290. The second-order valence-electron chi connectivity index (χ2n) is 9.51. The zero-order valence-corrected chi connectivity index (χ0v) is 22.1. The number of para-hydroxylation sites is 1. The molecule has 0 aliphatic carbocycles. The Labute approximate surface area is 223 Å². The summed E-state index contributed by atoms with van der Waals surface area (Å²) in [7, 11) is 3.92. The van der Waals surface area contributed by atoms with Crippen molar-refractivity contribution in [3.8, 4) is 17.2 Å². The highest BCUT2D eigenvalue weighted by Gasteiger charge is 2.45. The summed E-state index contributed by atoms with van der Waals surface area (Å²) in [6.45, 7) is 3.74. The lowest BCUT2D eigenvalue weighted by Gasteiger charge is -2.26. The molecule has 1 fully saturated rings. The zero-order valence-electron chi connectivity index (χ0n) is 22.1. The van der Waals surface area contributed by atoms with Crippen LogP contribution in [0.15, 0.2) is 84.4 Å². The molecule has 7 nitrogen and oxygen atoms in total. The van der Waals surface area contributed by atoms with Crippen LogP contribution in [-0.2, 0) is 9.59 Å². The predicted octanol–water partition coefficient (Wildman–Crippen LogP) is 5.64. The average molecular weight is 515 g/mol. The van der Waals surface area contributed by atoms with Crippen molar-refractivity contribution in [2.24, 2.45) is 0 Å². The summed E-state index contributed by atoms with van der Waals surface area (Å²) in [5.41, 5.74) is 1.20. The zero-order chi connectivity index (χ0) is 27.1. The second kappa shape index (κ2) is 12.4. The van der Waals surface area contributed by atoms with Crippen molar-refractivity contribution in [3.63, 3.8) is 0 Å². The number of aliphatic hydroxyl groups excluding tert-OH is 1. The summed E-state index contributed by atoms with van der Waals surface area (Å²) >= 11 is 0. The lowest BCUT2D eigenvalue weighted by molar-refractivity contribution is -0.139. The third-order valence-corrected chi connectivity index (χ3v) is 6.30. The molecule has 0 bridgehead atoms. The van der Waals surface area contributed by atoms with Gasteiger partial charge in [-0.3, -0.25) is 9.59 Å². The predicted molar refractivity (Wildman–Crippen MR) is 147 cm³/mol. The molecule has 1 heterocycles. The van der Waals surface area contributed by atoms with Gasteiger partial charge in [-0.05, 0) is 87.6 Å². The van der Waals surface area contributed by atoms with E-state index in [1.807, 2.05) is 80.5 Å². The number of amides is 1. The highest BCUT2D eigenvalue weighted by atomic mass is 16.5. The van der Waals surface area contributed by atoms with Gasteiger partial charge in [0.2, 0.25) is 0 Å². The summed E-state index contributed by atoms with van der Waals surface area (Å²) in [6.07, 6.45) is 1.56. The highest BCUT2D eigenvalue weighted by Crippen LogP contribution is 2.40. The van der Waals surface area contributed by atoms with Gasteiger partial charge in [-0.2, -0.15) is 0 Å². The Morgan fingerprint density at radius 2 is 1.63 bits per heavy atom. The van der Waals surface area contributed by atoms with Crippen molar-refractivity contribution in [2.75, 3.05) is 33.8 Å². The summed E-state index contributed by atoms with van der Waals surface area (Å²) in [4.78, 5) is 30.1. The first-order chi connectivity index (χ1) is 18.4. The Morgan fingerprint density at radius 3 is 2.32 bits per heavy atom. The van der Waals surface area contributed by atoms with E-state index in [2.05, 4.69) is 0 Å². The normalized spacial score (nSPS) is 16.7. The van der Waals surface area contributed by atoms with Gasteiger partial charge in [0, 0.05) is 12.1 Å². The first-order valence-electron chi connectivity index (χ1n) is 12.9. The number of aliphatic hydroxyl groups is 1. The number of nitrogens with zero attached hydrogens (tertiary/aromatic N) is 2. The summed E-state index contributed by atoms with van der Waals surface area (Å²) < 4.78 is 11.7. The first-order valence-corrected chi connectivity index (χ1v) is 12.9. The first kappa shape index (κ1) is 26.9. The molecule has 38 heavy (non-hydrogen) atoms. The van der Waals surface area contributed by atoms with E-state index in [4.69, 9.17) is 9.47 Å². The van der Waals surface area contributed by atoms with Crippen LogP contribution >= 0.6 is 0 Å². The average Bonchev–Trinajstić information content (AvgIpc) is 3.17. The number of ether oxygens (including phenoxy) is 2. The number of carbonyl (C=O) groups excluding carboxylic acids is 2. The molecule has 1 amide bonds. The Kier molecular flexibility index (Phi) is 8.81. The number of likely N-dealkylation sites (tertiary alicyclic amines) is 1. The number of hydrogen-bond donors (Lipinski definition) is 1. The van der Waals surface area contributed by atoms with Crippen LogP contribution in [-0.4, -0.2) is 60.4 Å². The number of Topliss-reactive ketones (excluding diaryl/α,β-unsaturated/α-hetero) is 1. The molecule has 1 saturated heterocycles. The van der Waals surface area contributed by atoms with E-state index >= 15 is 0 Å². The van der Waals surface area contributed by atoms with Crippen LogP contribution in [0, 0.1) is 0 Å². The standard InChI is InChI=1S/C31H34N2O5/c1-4-20-37-24-16-14-22(15-17-24)29(34)27-28(33(31(36)30(27)35)19-9-18-32(2)3)23-10-8-13-26(21-23)38-25-11-6-5-7-12-25/h5-8,10-17,21,28,34H,4,9,18-20H2,1-3H3/b29-27+. The topological polar surface area (TPSA) is 79.3 Å². The summed E-state index contributed by atoms with van der Waals surface area (Å²) in [5, 5.41) is 11.3. The monoisotopic (exact) mass is 514 g/mol. The third-order valence-electron chi connectivity index (χ3n) is 6.30. The maximum Gasteiger partial charge on any atom is 0.295 e. The van der Waals surface area contributed by atoms with Crippen LogP contribution in [0.4, 0.5) is 0 Å². The van der Waals surface area contributed by atoms with Crippen molar-refractivity contribution < 1.29 is 24.2 Å². The van der Waals surface area contributed by atoms with Crippen LogP contribution in [0.3, 0.4) is 0 Å². The van der Waals surface area contributed by atoms with Crippen LogP contribution < -0.4 is 9.47 Å². The molecule has 1 N–H and O–H groups in total. The van der Waals surface area contributed by atoms with Gasteiger partial charge in [-0.15, -0.1) is 0 Å². The molecule has 198 valence electrons. The van der Waals surface area contributed by atoms with Crippen LogP contribution in [0.5, 0.6) is 17.2 Å². The van der Waals surface area contributed by atoms with Gasteiger partial charge in [0.05, 0.1) is 18.2 Å². The minimum Gasteiger partial charge on any atom is -0.507 e. The minimum absolute atomic E-state index is 0.0685. The third kappa shape index (κ3) is 6.23. The Balaban J connectivity index is 1.73. The van der Waals surface area contributed by atoms with Crippen LogP contribution in [0.2, 0.25) is 0 Å². The smallest absolute Gasteiger partial charge is 0.295 e. The fraction of sp³-hybridized carbons (Fsp3) is 0.290. The van der Waals surface area contributed by atoms with E-state index in [-0.39, 0.29) is 11.3 Å². The Morgan fingerprint density at radius 1 is 0.921 bits per heavy atom. The van der Waals surface area contributed by atoms with E-state index in [0.29, 0.717) is 47.9 Å². The summed E-state index contributed by atoms with van der Waals surface area (Å²) in [5.74, 6) is 0.403. The molecule has 0 aromatic heterocycles. The molecule has 1 unspecified atom stereocenters. The van der Waals surface area contributed by atoms with Gasteiger partial charge in [-0.25, -0.2) is 0 Å². The number of benzene rings is 3. The van der Waals surface area contributed by atoms with Gasteiger partial charge in [-0.1, -0.05) is 37.3 Å². The van der Waals surface area contributed by atoms with Gasteiger partial charge in [0.25, 0.3) is 11.7 Å². The molecule has 0 spiro atoms. The lowest BCUT2D eigenvalue weighted by Crippen LogP contribution is -2.32. The Hall–Kier alpha value is -4.10. The van der Waals surface area contributed by atoms with Gasteiger partial charge in [0.15, 0.2) is 0 Å². The largest absolute Gasteiger partial charge is 0.507 e. The van der Waals surface area contributed by atoms with Gasteiger partial charge >= 0.3 is 0 Å². The van der Waals surface area contributed by atoms with Crippen molar-refractivity contribution in [1.29, 1.82) is 0 Å². The summed E-state index contributed by atoms with van der Waals surface area (Å²) in [6, 6.07) is 22.9. The lowest BCUT2D eigenvalue weighted by atomic mass is 9.95. The van der Waals surface area contributed by atoms with Crippen molar-refractivity contribution >= 4 is 17.4 Å². The molecular weight excluding hydrogens is 480 g/mol. The molecule has 1 atom stereocenters. The number of hydrogen-bond acceptors (Lipinski definition) is 6. The maximum atomic E-state index is 13.3. The van der Waals surface area contributed by atoms with Gasteiger partial charge < -0.3 is 24.4 Å². The fourth-order valence-corrected chi connectivity index (χ4v) is 4.47. The van der Waals surface area contributed by atoms with E-state index in [1.165, 1.54) is 0 Å². The van der Waals surface area contributed by atoms with Crippen molar-refractivity contribution in [1.82, 2.24) is 9.80 Å². The SMILES string of the molecule is CCCOc1ccc(/C(O)=C2\C(=O)C(=O)N(CCCN(C)C)C2c2cccc(Oc3ccccc3)c2)cc1. The second-order valence-corrected chi connectivity index (χ2v) is 9.51. The quantitative estimate of drug-likeness (QED) is 0.203. The molecule has 1 aliphatic heterocycles. The van der Waals surface area contributed by atoms with E-state index in [1.54, 1.807) is 29.2 Å². The molecule has 7 heteroatoms. The molecule has 4 rings (SSSR count). The van der Waals surface area contributed by atoms with Crippen molar-refractivity contribution in [3.05, 3.63) is 95.6 Å². The van der Waals surface area contributed by atoms with E-state index < -0.39 is 17.7 Å². The number of rotatable bonds is 11. The van der Waals surface area contributed by atoms with Crippen molar-refractivity contribution in [2.45, 2.75) is 25.8 Å². The molecular formula is C31H34N2O5. The van der Waals surface area contributed by atoms with E-state index in [9.17, 15) is 14.7 Å². The maximum absolute atomic E-state index is 13.3. The van der Waals surface area contributed by atoms with Crippen LogP contribution in [0.25, 0.3) is 5.76 Å². The molecule has 1 aliphatic rings. The van der Waals surface area contributed by atoms with Crippen LogP contribution in [0.1, 0.15) is 36.9 Å². The van der Waals surface area contributed by atoms with Gasteiger partial charge in [0.1, 0.15) is 23.0 Å². The molecule has 3 aromatic rings. The number of ketones is 1. The minimum atomic E-state index is -0.743. The van der Waals surface area contributed by atoms with E-state index in [0.717, 1.165) is 13.0 Å². The molecule has 0 radical (unpaired) electrons. The molecule has 0 saturated carbocycles.